The van der Waals surface area contributed by atoms with Crippen LogP contribution < -0.4 is 5.32 Å². The smallest absolute Gasteiger partial charge is 0.248 e. The molecule has 0 aliphatic heterocycles. The molecule has 0 saturated heterocycles. The second-order valence-corrected chi connectivity index (χ2v) is 6.64. The fourth-order valence-electron chi connectivity index (χ4n) is 2.74. The van der Waals surface area contributed by atoms with Crippen molar-refractivity contribution in [3.05, 3.63) is 82.2 Å². The van der Waals surface area contributed by atoms with Crippen molar-refractivity contribution in [3.8, 4) is 16.9 Å². The Morgan fingerprint density at radius 2 is 1.82 bits per heavy atom. The summed E-state index contributed by atoms with van der Waals surface area (Å²) in [6.45, 7) is 0.402. The van der Waals surface area contributed by atoms with Crippen molar-refractivity contribution in [3.63, 3.8) is 0 Å². The average molecular weight is 415 g/mol. The lowest BCUT2D eigenvalue weighted by molar-refractivity contribution is 0.628. The topological polar surface area (TPSA) is 68.5 Å². The molecular weight excluding hydrogens is 402 g/mol. The number of pyridine rings is 1. The van der Waals surface area contributed by atoms with Crippen LogP contribution in [0.3, 0.4) is 0 Å². The van der Waals surface area contributed by atoms with Crippen molar-refractivity contribution < 1.29 is 4.39 Å². The van der Waals surface area contributed by atoms with E-state index in [2.05, 4.69) is 25.8 Å². The van der Waals surface area contributed by atoms with Crippen LogP contribution in [0.15, 0.2) is 60.8 Å². The first kappa shape index (κ1) is 18.3. The number of anilines is 1. The first-order chi connectivity index (χ1) is 13.6. The maximum Gasteiger partial charge on any atom is 0.248 e. The number of rotatable bonds is 5. The van der Waals surface area contributed by atoms with Gasteiger partial charge in [-0.1, -0.05) is 40.4 Å². The van der Waals surface area contributed by atoms with E-state index >= 15 is 0 Å². The normalized spacial score (nSPS) is 10.8. The summed E-state index contributed by atoms with van der Waals surface area (Å²) in [4.78, 5) is 4.43. The zero-order chi connectivity index (χ0) is 19.5. The van der Waals surface area contributed by atoms with Gasteiger partial charge in [-0.2, -0.15) is 4.68 Å². The van der Waals surface area contributed by atoms with Crippen LogP contribution in [0.2, 0.25) is 10.0 Å². The Morgan fingerprint density at radius 1 is 1.00 bits per heavy atom. The molecule has 0 amide bonds. The number of aromatic nitrogens is 5. The van der Waals surface area contributed by atoms with Crippen molar-refractivity contribution in [2.24, 2.45) is 0 Å². The molecule has 140 valence electrons. The van der Waals surface area contributed by atoms with Gasteiger partial charge in [-0.15, -0.1) is 0 Å². The van der Waals surface area contributed by atoms with Crippen LogP contribution in [0, 0.1) is 5.82 Å². The standard InChI is InChI=1S/C19H13Cl2FN6/c20-15-4-1-5-16(17(15)21)28-19(25-26-27-28)24-11-13-3-2-10-23-18(13)12-6-8-14(22)9-7-12/h1-10H,11H2,(H,24,25,27). The molecule has 1 N–H and O–H groups in total. The van der Waals surface area contributed by atoms with Gasteiger partial charge in [0.25, 0.3) is 0 Å². The molecule has 0 aliphatic carbocycles. The lowest BCUT2D eigenvalue weighted by Gasteiger charge is -2.11. The molecular formula is C19H13Cl2FN6. The van der Waals surface area contributed by atoms with E-state index in [0.29, 0.717) is 28.2 Å². The number of halogens is 3. The quantitative estimate of drug-likeness (QED) is 0.508. The predicted octanol–water partition coefficient (Wildman–Crippen LogP) is 4.78. The highest BCUT2D eigenvalue weighted by Crippen LogP contribution is 2.29. The molecule has 4 aromatic rings. The molecule has 0 unspecified atom stereocenters. The Kier molecular flexibility index (Phi) is 5.18. The third kappa shape index (κ3) is 3.67. The molecule has 0 aliphatic rings. The molecule has 0 fully saturated rings. The Morgan fingerprint density at radius 3 is 2.64 bits per heavy atom. The van der Waals surface area contributed by atoms with Gasteiger partial charge < -0.3 is 5.32 Å². The molecule has 2 aromatic carbocycles. The van der Waals surface area contributed by atoms with E-state index in [-0.39, 0.29) is 5.82 Å². The van der Waals surface area contributed by atoms with Gasteiger partial charge in [0.2, 0.25) is 5.95 Å². The molecule has 0 spiro atoms. The van der Waals surface area contributed by atoms with Gasteiger partial charge in [0.05, 0.1) is 21.4 Å². The molecule has 9 heteroatoms. The number of nitrogens with zero attached hydrogens (tertiary/aromatic N) is 5. The summed E-state index contributed by atoms with van der Waals surface area (Å²) in [6.07, 6.45) is 1.69. The van der Waals surface area contributed by atoms with E-state index in [0.717, 1.165) is 16.8 Å². The van der Waals surface area contributed by atoms with Crippen LogP contribution in [-0.4, -0.2) is 25.2 Å². The van der Waals surface area contributed by atoms with Gasteiger partial charge in [-0.05, 0) is 58.5 Å². The Labute approximate surface area is 169 Å². The van der Waals surface area contributed by atoms with Gasteiger partial charge in [0.1, 0.15) is 5.82 Å². The monoisotopic (exact) mass is 414 g/mol. The Balaban J connectivity index is 1.61. The highest BCUT2D eigenvalue weighted by Gasteiger charge is 2.14. The van der Waals surface area contributed by atoms with Gasteiger partial charge in [-0.25, -0.2) is 4.39 Å². The maximum absolute atomic E-state index is 13.2. The highest BCUT2D eigenvalue weighted by atomic mass is 35.5. The number of hydrogen-bond acceptors (Lipinski definition) is 5. The zero-order valence-electron chi connectivity index (χ0n) is 14.4. The Bertz CT molecular complexity index is 1110. The van der Waals surface area contributed by atoms with Crippen LogP contribution in [0.4, 0.5) is 10.3 Å². The number of nitrogens with one attached hydrogen (secondary N) is 1. The van der Waals surface area contributed by atoms with Crippen molar-refractivity contribution >= 4 is 29.2 Å². The summed E-state index contributed by atoms with van der Waals surface area (Å²) < 4.78 is 14.7. The predicted molar refractivity (Wildman–Crippen MR) is 106 cm³/mol. The molecule has 2 heterocycles. The van der Waals surface area contributed by atoms with Crippen LogP contribution in [0.5, 0.6) is 0 Å². The minimum absolute atomic E-state index is 0.295. The highest BCUT2D eigenvalue weighted by molar-refractivity contribution is 6.43. The van der Waals surface area contributed by atoms with Crippen molar-refractivity contribution in [1.29, 1.82) is 0 Å². The average Bonchev–Trinajstić information content (AvgIpc) is 3.18. The number of benzene rings is 2. The summed E-state index contributed by atoms with van der Waals surface area (Å²) in [5, 5.41) is 15.7. The van der Waals surface area contributed by atoms with Crippen LogP contribution in [-0.2, 0) is 6.54 Å². The number of tetrazole rings is 1. The molecule has 0 radical (unpaired) electrons. The Hall–Kier alpha value is -3.03. The summed E-state index contributed by atoms with van der Waals surface area (Å²) in [5.41, 5.74) is 3.03. The van der Waals surface area contributed by atoms with Crippen LogP contribution >= 0.6 is 23.2 Å². The van der Waals surface area contributed by atoms with Crippen molar-refractivity contribution in [2.75, 3.05) is 5.32 Å². The molecule has 0 atom stereocenters. The van der Waals surface area contributed by atoms with E-state index in [1.807, 2.05) is 12.1 Å². The second kappa shape index (κ2) is 7.92. The maximum atomic E-state index is 13.2. The second-order valence-electron chi connectivity index (χ2n) is 5.86. The number of hydrogen-bond donors (Lipinski definition) is 1. The summed E-state index contributed by atoms with van der Waals surface area (Å²) >= 11 is 12.4. The van der Waals surface area contributed by atoms with E-state index in [1.54, 1.807) is 36.5 Å². The van der Waals surface area contributed by atoms with Gasteiger partial charge in [0.15, 0.2) is 0 Å². The van der Waals surface area contributed by atoms with E-state index < -0.39 is 0 Å². The molecule has 0 saturated carbocycles. The van der Waals surface area contributed by atoms with Crippen LogP contribution in [0.1, 0.15) is 5.56 Å². The first-order valence-electron chi connectivity index (χ1n) is 8.30. The third-order valence-corrected chi connectivity index (χ3v) is 4.88. The van der Waals surface area contributed by atoms with E-state index in [1.165, 1.54) is 16.8 Å². The molecule has 4 rings (SSSR count). The molecule has 2 aromatic heterocycles. The minimum Gasteiger partial charge on any atom is -0.349 e. The SMILES string of the molecule is Fc1ccc(-c2ncccc2CNc2nnnn2-c2cccc(Cl)c2Cl)cc1. The van der Waals surface area contributed by atoms with Crippen molar-refractivity contribution in [2.45, 2.75) is 6.54 Å². The summed E-state index contributed by atoms with van der Waals surface area (Å²) in [7, 11) is 0. The zero-order valence-corrected chi connectivity index (χ0v) is 15.9. The summed E-state index contributed by atoms with van der Waals surface area (Å²) in [6, 6.07) is 15.2. The third-order valence-electron chi connectivity index (χ3n) is 4.07. The van der Waals surface area contributed by atoms with Gasteiger partial charge in [-0.3, -0.25) is 4.98 Å². The van der Waals surface area contributed by atoms with Crippen molar-refractivity contribution in [1.82, 2.24) is 25.2 Å². The van der Waals surface area contributed by atoms with E-state index in [9.17, 15) is 4.39 Å². The fraction of sp³-hybridized carbons (Fsp3) is 0.0526. The van der Waals surface area contributed by atoms with Gasteiger partial charge >= 0.3 is 0 Å². The lowest BCUT2D eigenvalue weighted by atomic mass is 10.1. The molecule has 0 bridgehead atoms. The molecule has 6 nitrogen and oxygen atoms in total. The summed E-state index contributed by atoms with van der Waals surface area (Å²) in [5.74, 6) is 0.106. The first-order valence-corrected chi connectivity index (χ1v) is 9.05. The largest absolute Gasteiger partial charge is 0.349 e. The minimum atomic E-state index is -0.295. The van der Waals surface area contributed by atoms with Crippen LogP contribution in [0.25, 0.3) is 16.9 Å². The lowest BCUT2D eigenvalue weighted by Crippen LogP contribution is -2.09. The van der Waals surface area contributed by atoms with Gasteiger partial charge in [0, 0.05) is 18.3 Å². The molecule has 28 heavy (non-hydrogen) atoms. The van der Waals surface area contributed by atoms with E-state index in [4.69, 9.17) is 23.2 Å². The fourth-order valence-corrected chi connectivity index (χ4v) is 3.11.